The summed E-state index contributed by atoms with van der Waals surface area (Å²) in [4.78, 5) is 29.1. The van der Waals surface area contributed by atoms with Gasteiger partial charge in [0, 0.05) is 11.6 Å². The number of nitrogens with zero attached hydrogens (tertiary/aromatic N) is 2. The molecule has 3 aromatic rings. The molecule has 0 aliphatic carbocycles. The Labute approximate surface area is 170 Å². The van der Waals surface area contributed by atoms with Crippen LogP contribution in [-0.4, -0.2) is 28.6 Å². The number of aryl methyl sites for hydroxylation is 2. The third-order valence-corrected chi connectivity index (χ3v) is 5.00. The molecule has 0 radical (unpaired) electrons. The molecule has 1 aromatic carbocycles. The van der Waals surface area contributed by atoms with Gasteiger partial charge in [-0.2, -0.15) is 0 Å². The van der Waals surface area contributed by atoms with Crippen molar-refractivity contribution in [3.8, 4) is 11.3 Å². The number of halogens is 1. The Morgan fingerprint density at radius 3 is 2.72 bits per heavy atom. The monoisotopic (exact) mass is 417 g/mol. The molecule has 1 N–H and O–H groups in total. The number of aromatic nitrogens is 2. The summed E-state index contributed by atoms with van der Waals surface area (Å²) >= 11 is 1.02. The van der Waals surface area contributed by atoms with E-state index in [4.69, 9.17) is 9.26 Å². The molecule has 1 amide bonds. The van der Waals surface area contributed by atoms with Gasteiger partial charge < -0.3 is 9.26 Å². The molecule has 9 heteroatoms. The van der Waals surface area contributed by atoms with Gasteiger partial charge in [0.25, 0.3) is 5.91 Å². The predicted octanol–water partition coefficient (Wildman–Crippen LogP) is 4.62. The van der Waals surface area contributed by atoms with Crippen LogP contribution < -0.4 is 5.32 Å². The number of thiazole rings is 1. The van der Waals surface area contributed by atoms with E-state index in [9.17, 15) is 14.0 Å². The molecule has 0 saturated heterocycles. The molecule has 0 unspecified atom stereocenters. The molecule has 2 aromatic heterocycles. The van der Waals surface area contributed by atoms with Crippen LogP contribution in [0.4, 0.5) is 9.52 Å². The molecule has 0 saturated carbocycles. The van der Waals surface area contributed by atoms with E-state index in [1.54, 1.807) is 26.0 Å². The van der Waals surface area contributed by atoms with Gasteiger partial charge in [-0.3, -0.25) is 10.1 Å². The number of anilines is 1. The van der Waals surface area contributed by atoms with Crippen molar-refractivity contribution in [1.29, 1.82) is 0 Å². The Morgan fingerprint density at radius 2 is 2.03 bits per heavy atom. The van der Waals surface area contributed by atoms with Crippen molar-refractivity contribution in [2.45, 2.75) is 27.7 Å². The van der Waals surface area contributed by atoms with Crippen LogP contribution in [0.25, 0.3) is 11.3 Å². The van der Waals surface area contributed by atoms with Gasteiger partial charge >= 0.3 is 5.97 Å². The van der Waals surface area contributed by atoms with Gasteiger partial charge in [0.2, 0.25) is 0 Å². The number of hydrogen-bond acceptors (Lipinski definition) is 7. The summed E-state index contributed by atoms with van der Waals surface area (Å²) in [6.07, 6.45) is 0. The maximum atomic E-state index is 13.7. The Bertz CT molecular complexity index is 1060. The highest BCUT2D eigenvalue weighted by molar-refractivity contribution is 7.17. The summed E-state index contributed by atoms with van der Waals surface area (Å²) in [5.74, 6) is -0.917. The first-order chi connectivity index (χ1) is 13.7. The van der Waals surface area contributed by atoms with Crippen LogP contribution in [0.2, 0.25) is 0 Å². The number of benzene rings is 1. The summed E-state index contributed by atoms with van der Waals surface area (Å²) < 4.78 is 24.1. The Balaban J connectivity index is 1.71. The molecular weight excluding hydrogens is 397 g/mol. The summed E-state index contributed by atoms with van der Waals surface area (Å²) in [5, 5.41) is 6.56. The zero-order chi connectivity index (χ0) is 21.1. The van der Waals surface area contributed by atoms with Gasteiger partial charge in [-0.1, -0.05) is 42.5 Å². The number of carbonyl (C=O) groups is 2. The third kappa shape index (κ3) is 4.86. The fourth-order valence-electron chi connectivity index (χ4n) is 2.37. The van der Waals surface area contributed by atoms with Crippen molar-refractivity contribution >= 4 is 28.3 Å². The molecule has 0 aliphatic rings. The maximum Gasteiger partial charge on any atom is 0.350 e. The third-order valence-electron chi connectivity index (χ3n) is 3.95. The number of ether oxygens (including phenoxy) is 1. The predicted molar refractivity (Wildman–Crippen MR) is 107 cm³/mol. The standard InChI is InChI=1S/C20H20FN3O4S/c1-10(2)9-27-19(26)17-12(4)22-20(29-17)23-18(25)15-8-16(28-24-15)13-6-5-11(3)14(21)7-13/h5-8,10H,9H2,1-4H3,(H,22,23,25). The van der Waals surface area contributed by atoms with Gasteiger partial charge in [0.15, 0.2) is 16.6 Å². The van der Waals surface area contributed by atoms with Crippen molar-refractivity contribution in [2.75, 3.05) is 11.9 Å². The van der Waals surface area contributed by atoms with Gasteiger partial charge in [-0.15, -0.1) is 0 Å². The van der Waals surface area contributed by atoms with Crippen LogP contribution in [-0.2, 0) is 4.74 Å². The number of hydrogen-bond donors (Lipinski definition) is 1. The molecule has 0 spiro atoms. The lowest BCUT2D eigenvalue weighted by molar-refractivity contribution is 0.0463. The molecule has 0 aliphatic heterocycles. The second-order valence-electron chi connectivity index (χ2n) is 6.92. The fraction of sp³-hybridized carbons (Fsp3) is 0.300. The van der Waals surface area contributed by atoms with Crippen molar-refractivity contribution in [3.63, 3.8) is 0 Å². The molecule has 0 atom stereocenters. The number of esters is 1. The average molecular weight is 417 g/mol. The Hall–Kier alpha value is -3.07. The van der Waals surface area contributed by atoms with Crippen molar-refractivity contribution in [2.24, 2.45) is 5.92 Å². The second kappa shape index (κ2) is 8.52. The highest BCUT2D eigenvalue weighted by Gasteiger charge is 2.20. The van der Waals surface area contributed by atoms with Gasteiger partial charge in [-0.25, -0.2) is 14.2 Å². The van der Waals surface area contributed by atoms with Crippen LogP contribution >= 0.6 is 11.3 Å². The first kappa shape index (κ1) is 20.7. The van der Waals surface area contributed by atoms with Gasteiger partial charge in [0.05, 0.1) is 12.3 Å². The topological polar surface area (TPSA) is 94.3 Å². The molecule has 152 valence electrons. The van der Waals surface area contributed by atoms with E-state index in [0.717, 1.165) is 11.3 Å². The molecular formula is C20H20FN3O4S. The van der Waals surface area contributed by atoms with Crippen LogP contribution in [0.15, 0.2) is 28.8 Å². The lowest BCUT2D eigenvalue weighted by Gasteiger charge is -2.05. The second-order valence-corrected chi connectivity index (χ2v) is 7.92. The van der Waals surface area contributed by atoms with E-state index >= 15 is 0 Å². The van der Waals surface area contributed by atoms with Crippen LogP contribution in [0.3, 0.4) is 0 Å². The first-order valence-corrected chi connectivity index (χ1v) is 9.75. The highest BCUT2D eigenvalue weighted by atomic mass is 32.1. The van der Waals surface area contributed by atoms with Gasteiger partial charge in [-0.05, 0) is 31.4 Å². The lowest BCUT2D eigenvalue weighted by atomic mass is 10.1. The maximum absolute atomic E-state index is 13.7. The smallest absolute Gasteiger partial charge is 0.350 e. The molecule has 3 rings (SSSR count). The van der Waals surface area contributed by atoms with Crippen LogP contribution in [0.5, 0.6) is 0 Å². The van der Waals surface area contributed by atoms with Gasteiger partial charge in [0.1, 0.15) is 10.7 Å². The molecule has 7 nitrogen and oxygen atoms in total. The molecule has 2 heterocycles. The highest BCUT2D eigenvalue weighted by Crippen LogP contribution is 2.26. The summed E-state index contributed by atoms with van der Waals surface area (Å²) in [6.45, 7) is 7.50. The first-order valence-electron chi connectivity index (χ1n) is 8.93. The number of amides is 1. The molecule has 0 fully saturated rings. The van der Waals surface area contributed by atoms with E-state index in [1.807, 2.05) is 13.8 Å². The number of carbonyl (C=O) groups excluding carboxylic acids is 2. The summed E-state index contributed by atoms with van der Waals surface area (Å²) in [6, 6.07) is 6.03. The largest absolute Gasteiger partial charge is 0.461 e. The number of rotatable bonds is 6. The quantitative estimate of drug-likeness (QED) is 0.588. The van der Waals surface area contributed by atoms with Crippen molar-refractivity contribution < 1.29 is 23.2 Å². The van der Waals surface area contributed by atoms with Crippen molar-refractivity contribution in [3.05, 3.63) is 51.9 Å². The van der Waals surface area contributed by atoms with E-state index < -0.39 is 11.9 Å². The zero-order valence-corrected chi connectivity index (χ0v) is 17.2. The number of nitrogens with one attached hydrogen (secondary N) is 1. The molecule has 0 bridgehead atoms. The normalized spacial score (nSPS) is 11.0. The summed E-state index contributed by atoms with van der Waals surface area (Å²) in [7, 11) is 0. The van der Waals surface area contributed by atoms with Crippen LogP contribution in [0, 0.1) is 25.6 Å². The summed E-state index contributed by atoms with van der Waals surface area (Å²) in [5.41, 5.74) is 1.46. The SMILES string of the molecule is Cc1ccc(-c2cc(C(=O)Nc3nc(C)c(C(=O)OCC(C)C)s3)no2)cc1F. The van der Waals surface area contributed by atoms with Crippen molar-refractivity contribution in [1.82, 2.24) is 10.1 Å². The molecule has 29 heavy (non-hydrogen) atoms. The van der Waals surface area contributed by atoms with E-state index in [0.29, 0.717) is 28.3 Å². The van der Waals surface area contributed by atoms with Crippen LogP contribution in [0.1, 0.15) is 45.3 Å². The Kier molecular flexibility index (Phi) is 6.07. The van der Waals surface area contributed by atoms with E-state index in [1.165, 1.54) is 12.1 Å². The minimum atomic E-state index is -0.552. The minimum absolute atomic E-state index is 0.0118. The van der Waals surface area contributed by atoms with E-state index in [2.05, 4.69) is 15.5 Å². The Morgan fingerprint density at radius 1 is 1.28 bits per heavy atom. The lowest BCUT2D eigenvalue weighted by Crippen LogP contribution is -2.11. The minimum Gasteiger partial charge on any atom is -0.461 e. The fourth-order valence-corrected chi connectivity index (χ4v) is 3.23. The average Bonchev–Trinajstić information content (AvgIpc) is 3.29. The zero-order valence-electron chi connectivity index (χ0n) is 16.4. The van der Waals surface area contributed by atoms with E-state index in [-0.39, 0.29) is 28.3 Å².